The first-order valence-corrected chi connectivity index (χ1v) is 6.98. The number of amides is 1. The fraction of sp³-hybridized carbons (Fsp3) is 0.533. The number of nitrogens with zero attached hydrogens (tertiary/aromatic N) is 1. The molecular formula is C15H21FN2O2. The van der Waals surface area contributed by atoms with Crippen LogP contribution in [0, 0.1) is 5.82 Å². The van der Waals surface area contributed by atoms with Crippen LogP contribution in [-0.4, -0.2) is 37.0 Å². The third-order valence-electron chi connectivity index (χ3n) is 3.43. The molecule has 1 N–H and O–H groups in total. The minimum Gasteiger partial charge on any atom is -0.483 e. The Labute approximate surface area is 118 Å². The van der Waals surface area contributed by atoms with Gasteiger partial charge in [0.05, 0.1) is 0 Å². The Morgan fingerprint density at radius 3 is 2.90 bits per heavy atom. The molecule has 110 valence electrons. The fourth-order valence-electron chi connectivity index (χ4n) is 1.79. The van der Waals surface area contributed by atoms with Gasteiger partial charge in [-0.25, -0.2) is 4.39 Å². The van der Waals surface area contributed by atoms with Crippen molar-refractivity contribution in [3.63, 3.8) is 0 Å². The summed E-state index contributed by atoms with van der Waals surface area (Å²) in [5, 5.41) is 3.32. The van der Waals surface area contributed by atoms with E-state index in [1.807, 2.05) is 6.92 Å². The summed E-state index contributed by atoms with van der Waals surface area (Å²) < 4.78 is 18.8. The van der Waals surface area contributed by atoms with Crippen LogP contribution < -0.4 is 10.1 Å². The maximum Gasteiger partial charge on any atom is 0.260 e. The topological polar surface area (TPSA) is 41.6 Å². The number of halogens is 1. The van der Waals surface area contributed by atoms with Crippen LogP contribution in [0.1, 0.15) is 25.3 Å². The summed E-state index contributed by atoms with van der Waals surface area (Å²) in [6, 6.07) is 4.93. The van der Waals surface area contributed by atoms with E-state index < -0.39 is 0 Å². The van der Waals surface area contributed by atoms with Crippen molar-refractivity contribution in [2.24, 2.45) is 0 Å². The molecule has 0 saturated heterocycles. The largest absolute Gasteiger partial charge is 0.483 e. The van der Waals surface area contributed by atoms with E-state index in [1.165, 1.54) is 25.0 Å². The Kier molecular flexibility index (Phi) is 4.95. The first-order chi connectivity index (χ1) is 9.60. The van der Waals surface area contributed by atoms with E-state index in [9.17, 15) is 9.18 Å². The highest BCUT2D eigenvalue weighted by molar-refractivity contribution is 5.77. The quantitative estimate of drug-likeness (QED) is 0.830. The normalized spacial score (nSPS) is 14.2. The van der Waals surface area contributed by atoms with Gasteiger partial charge in [0.25, 0.3) is 5.91 Å². The van der Waals surface area contributed by atoms with Gasteiger partial charge in [-0.1, -0.05) is 0 Å². The standard InChI is InChI=1S/C15H21FN2O2/c1-3-18(2)15(19)10-20-14-7-4-12(16)8-11(14)9-17-13-5-6-13/h4,7-8,13,17H,3,5-6,9-10H2,1-2H3. The molecule has 1 fully saturated rings. The van der Waals surface area contributed by atoms with Crippen molar-refractivity contribution in [3.8, 4) is 5.75 Å². The number of likely N-dealkylation sites (N-methyl/N-ethyl adjacent to an activating group) is 1. The molecule has 0 unspecified atom stereocenters. The van der Waals surface area contributed by atoms with Crippen molar-refractivity contribution in [2.75, 3.05) is 20.2 Å². The summed E-state index contributed by atoms with van der Waals surface area (Å²) in [7, 11) is 1.73. The van der Waals surface area contributed by atoms with E-state index in [4.69, 9.17) is 4.74 Å². The number of carbonyl (C=O) groups excluding carboxylic acids is 1. The number of carbonyl (C=O) groups is 1. The number of nitrogens with one attached hydrogen (secondary N) is 1. The van der Waals surface area contributed by atoms with Gasteiger partial charge in [-0.05, 0) is 38.0 Å². The van der Waals surface area contributed by atoms with Gasteiger partial charge in [0, 0.05) is 31.7 Å². The minimum absolute atomic E-state index is 0.0214. The van der Waals surface area contributed by atoms with Crippen LogP contribution in [0.2, 0.25) is 0 Å². The van der Waals surface area contributed by atoms with Gasteiger partial charge < -0.3 is 15.0 Å². The summed E-state index contributed by atoms with van der Waals surface area (Å²) in [6.45, 7) is 3.09. The second-order valence-corrected chi connectivity index (χ2v) is 5.10. The maximum absolute atomic E-state index is 13.3. The van der Waals surface area contributed by atoms with Crippen molar-refractivity contribution < 1.29 is 13.9 Å². The van der Waals surface area contributed by atoms with Crippen molar-refractivity contribution in [3.05, 3.63) is 29.6 Å². The number of benzene rings is 1. The molecule has 5 heteroatoms. The van der Waals surface area contributed by atoms with Gasteiger partial charge in [-0.2, -0.15) is 0 Å². The van der Waals surface area contributed by atoms with Crippen LogP contribution in [-0.2, 0) is 11.3 Å². The third-order valence-corrected chi connectivity index (χ3v) is 3.43. The molecule has 0 aliphatic heterocycles. The zero-order valence-corrected chi connectivity index (χ0v) is 12.0. The van der Waals surface area contributed by atoms with Gasteiger partial charge in [0.1, 0.15) is 11.6 Å². The Balaban J connectivity index is 1.96. The van der Waals surface area contributed by atoms with E-state index in [2.05, 4.69) is 5.32 Å². The molecule has 20 heavy (non-hydrogen) atoms. The highest BCUT2D eigenvalue weighted by Gasteiger charge is 2.21. The van der Waals surface area contributed by atoms with Crippen molar-refractivity contribution in [1.29, 1.82) is 0 Å². The predicted octanol–water partition coefficient (Wildman–Crippen LogP) is 1.93. The number of ether oxygens (including phenoxy) is 1. The lowest BCUT2D eigenvalue weighted by atomic mass is 10.2. The van der Waals surface area contributed by atoms with Crippen LogP contribution >= 0.6 is 0 Å². The number of hydrogen-bond donors (Lipinski definition) is 1. The van der Waals surface area contributed by atoms with Crippen molar-refractivity contribution >= 4 is 5.91 Å². The van der Waals surface area contributed by atoms with Crippen LogP contribution in [0.3, 0.4) is 0 Å². The van der Waals surface area contributed by atoms with Gasteiger partial charge in [0.2, 0.25) is 0 Å². The van der Waals surface area contributed by atoms with Crippen molar-refractivity contribution in [1.82, 2.24) is 10.2 Å². The smallest absolute Gasteiger partial charge is 0.260 e. The number of rotatable bonds is 7. The van der Waals surface area contributed by atoms with E-state index in [1.54, 1.807) is 18.0 Å². The zero-order valence-electron chi connectivity index (χ0n) is 12.0. The molecule has 1 saturated carbocycles. The highest BCUT2D eigenvalue weighted by Crippen LogP contribution is 2.23. The summed E-state index contributed by atoms with van der Waals surface area (Å²) in [6.07, 6.45) is 2.34. The second-order valence-electron chi connectivity index (χ2n) is 5.10. The Hall–Kier alpha value is -1.62. The van der Waals surface area contributed by atoms with Gasteiger partial charge in [0.15, 0.2) is 6.61 Å². The average Bonchev–Trinajstić information content (AvgIpc) is 3.27. The summed E-state index contributed by atoms with van der Waals surface area (Å²) in [5.41, 5.74) is 0.754. The Morgan fingerprint density at radius 2 is 2.25 bits per heavy atom. The average molecular weight is 280 g/mol. The zero-order chi connectivity index (χ0) is 14.5. The van der Waals surface area contributed by atoms with Crippen LogP contribution in [0.5, 0.6) is 5.75 Å². The third kappa shape index (κ3) is 4.20. The van der Waals surface area contributed by atoms with Gasteiger partial charge in [-0.3, -0.25) is 4.79 Å². The first-order valence-electron chi connectivity index (χ1n) is 6.98. The molecule has 0 atom stereocenters. The fourth-order valence-corrected chi connectivity index (χ4v) is 1.79. The highest BCUT2D eigenvalue weighted by atomic mass is 19.1. The minimum atomic E-state index is -0.290. The molecule has 2 rings (SSSR count). The molecule has 0 aromatic heterocycles. The van der Waals surface area contributed by atoms with E-state index in [-0.39, 0.29) is 18.3 Å². The summed E-state index contributed by atoms with van der Waals surface area (Å²) in [5.74, 6) is 0.192. The lowest BCUT2D eigenvalue weighted by molar-refractivity contribution is -0.131. The SMILES string of the molecule is CCN(C)C(=O)COc1ccc(F)cc1CNC1CC1. The molecule has 0 spiro atoms. The molecule has 1 aromatic rings. The molecule has 1 aromatic carbocycles. The van der Waals surface area contributed by atoms with Crippen LogP contribution in [0.15, 0.2) is 18.2 Å². The lowest BCUT2D eigenvalue weighted by Crippen LogP contribution is -2.31. The molecule has 0 radical (unpaired) electrons. The molecule has 1 amide bonds. The molecule has 0 heterocycles. The lowest BCUT2D eigenvalue weighted by Gasteiger charge is -2.16. The van der Waals surface area contributed by atoms with Gasteiger partial charge >= 0.3 is 0 Å². The molecule has 1 aliphatic carbocycles. The van der Waals surface area contributed by atoms with E-state index in [0.717, 1.165) is 5.56 Å². The molecule has 4 nitrogen and oxygen atoms in total. The summed E-state index contributed by atoms with van der Waals surface area (Å²) >= 11 is 0. The molecular weight excluding hydrogens is 259 g/mol. The van der Waals surface area contributed by atoms with Crippen LogP contribution in [0.4, 0.5) is 4.39 Å². The summed E-state index contributed by atoms with van der Waals surface area (Å²) in [4.78, 5) is 13.3. The Morgan fingerprint density at radius 1 is 1.50 bits per heavy atom. The second kappa shape index (κ2) is 6.70. The monoisotopic (exact) mass is 280 g/mol. The van der Waals surface area contributed by atoms with E-state index >= 15 is 0 Å². The van der Waals surface area contributed by atoms with E-state index in [0.29, 0.717) is 24.9 Å². The van der Waals surface area contributed by atoms with Crippen molar-refractivity contribution in [2.45, 2.75) is 32.4 Å². The predicted molar refractivity (Wildman–Crippen MR) is 75.1 cm³/mol. The Bertz CT molecular complexity index is 475. The molecule has 0 bridgehead atoms. The number of hydrogen-bond acceptors (Lipinski definition) is 3. The van der Waals surface area contributed by atoms with Gasteiger partial charge in [-0.15, -0.1) is 0 Å². The first kappa shape index (κ1) is 14.8. The van der Waals surface area contributed by atoms with Crippen LogP contribution in [0.25, 0.3) is 0 Å². The maximum atomic E-state index is 13.3. The molecule has 1 aliphatic rings.